The number of aliphatic hydroxyl groups excluding tert-OH is 1. The first kappa shape index (κ1) is 21.2. The molecule has 3 heterocycles. The molecule has 2 aromatic rings. The lowest BCUT2D eigenvalue weighted by Crippen LogP contribution is -2.32. The fourth-order valence-electron chi connectivity index (χ4n) is 4.29. The van der Waals surface area contributed by atoms with E-state index >= 15 is 0 Å². The molecule has 0 radical (unpaired) electrons. The molecule has 2 aliphatic rings. The number of Topliss-reactive ketones (excluding diaryl/α,β-unsaturated/α-hetero) is 1. The number of fused-ring (bicyclic) bond motifs is 1. The molecule has 1 saturated heterocycles. The van der Waals surface area contributed by atoms with Gasteiger partial charge < -0.3 is 24.1 Å². The van der Waals surface area contributed by atoms with Crippen LogP contribution < -0.4 is 4.74 Å². The summed E-state index contributed by atoms with van der Waals surface area (Å²) in [5, 5.41) is 11.2. The number of aryl methyl sites for hydroxylation is 1. The van der Waals surface area contributed by atoms with Gasteiger partial charge in [0.05, 0.1) is 5.57 Å². The minimum atomic E-state index is -0.751. The van der Waals surface area contributed by atoms with Crippen LogP contribution in [-0.4, -0.2) is 59.9 Å². The van der Waals surface area contributed by atoms with E-state index in [9.17, 15) is 14.7 Å². The number of hydrogen-bond donors (Lipinski definition) is 1. The fraction of sp³-hybridized carbons (Fsp3) is 0.417. The first-order valence-corrected chi connectivity index (χ1v) is 10.6. The van der Waals surface area contributed by atoms with Crippen LogP contribution in [0.2, 0.25) is 0 Å². The van der Waals surface area contributed by atoms with Gasteiger partial charge in [0.1, 0.15) is 35.2 Å². The van der Waals surface area contributed by atoms with E-state index in [2.05, 4.69) is 0 Å². The first-order valence-electron chi connectivity index (χ1n) is 10.6. The third-order valence-electron chi connectivity index (χ3n) is 5.74. The molecule has 7 nitrogen and oxygen atoms in total. The highest BCUT2D eigenvalue weighted by Crippen LogP contribution is 2.41. The average Bonchev–Trinajstić information content (AvgIpc) is 3.37. The first-order chi connectivity index (χ1) is 14.8. The number of aliphatic hydroxyl groups is 1. The number of likely N-dealkylation sites (tertiary alicyclic amines) is 1. The second-order valence-electron chi connectivity index (χ2n) is 8.55. The SMILES string of the molecule is Cc1ccc(C2/C(=C(/O)c3ccc4c(c3)CC(C)O4)C(=O)C(=O)N2CCCN(C)C)o1. The van der Waals surface area contributed by atoms with Crippen molar-refractivity contribution in [1.82, 2.24) is 9.80 Å². The van der Waals surface area contributed by atoms with Gasteiger partial charge in [-0.2, -0.15) is 0 Å². The molecule has 2 aliphatic heterocycles. The number of carbonyl (C=O) groups is 2. The molecular formula is C24H28N2O5. The second-order valence-corrected chi connectivity index (χ2v) is 8.55. The Morgan fingerprint density at radius 3 is 2.68 bits per heavy atom. The Kier molecular flexibility index (Phi) is 5.62. The maximum atomic E-state index is 13.0. The summed E-state index contributed by atoms with van der Waals surface area (Å²) in [7, 11) is 3.92. The lowest BCUT2D eigenvalue weighted by Gasteiger charge is -2.24. The second kappa shape index (κ2) is 8.23. The summed E-state index contributed by atoms with van der Waals surface area (Å²) in [6, 6.07) is 8.15. The molecule has 2 atom stereocenters. The van der Waals surface area contributed by atoms with Gasteiger partial charge in [-0.05, 0) is 76.8 Å². The van der Waals surface area contributed by atoms with E-state index in [1.807, 2.05) is 38.9 Å². The van der Waals surface area contributed by atoms with Crippen LogP contribution in [0.25, 0.3) is 5.76 Å². The van der Waals surface area contributed by atoms with Crippen LogP contribution >= 0.6 is 0 Å². The number of nitrogens with zero attached hydrogens (tertiary/aromatic N) is 2. The molecule has 164 valence electrons. The summed E-state index contributed by atoms with van der Waals surface area (Å²) < 4.78 is 11.5. The fourth-order valence-corrected chi connectivity index (χ4v) is 4.29. The predicted molar refractivity (Wildman–Crippen MR) is 116 cm³/mol. The number of benzene rings is 1. The van der Waals surface area contributed by atoms with Crippen molar-refractivity contribution in [3.8, 4) is 5.75 Å². The Labute approximate surface area is 181 Å². The van der Waals surface area contributed by atoms with Gasteiger partial charge >= 0.3 is 0 Å². The van der Waals surface area contributed by atoms with Gasteiger partial charge in [0.2, 0.25) is 0 Å². The van der Waals surface area contributed by atoms with Gasteiger partial charge in [-0.3, -0.25) is 9.59 Å². The summed E-state index contributed by atoms with van der Waals surface area (Å²) in [6.07, 6.45) is 1.50. The van der Waals surface area contributed by atoms with Gasteiger partial charge in [-0.15, -0.1) is 0 Å². The molecule has 1 aromatic heterocycles. The molecule has 1 aromatic carbocycles. The van der Waals surface area contributed by atoms with Crippen molar-refractivity contribution in [3.05, 3.63) is 58.6 Å². The quantitative estimate of drug-likeness (QED) is 0.435. The van der Waals surface area contributed by atoms with Crippen LogP contribution in [0.15, 0.2) is 40.3 Å². The Hall–Kier alpha value is -3.06. The lowest BCUT2D eigenvalue weighted by molar-refractivity contribution is -0.140. The minimum absolute atomic E-state index is 0.0658. The van der Waals surface area contributed by atoms with E-state index in [0.717, 1.165) is 24.3 Å². The van der Waals surface area contributed by atoms with Crippen molar-refractivity contribution < 1.29 is 23.8 Å². The van der Waals surface area contributed by atoms with E-state index in [0.29, 0.717) is 30.0 Å². The van der Waals surface area contributed by atoms with E-state index in [1.54, 1.807) is 24.3 Å². The maximum Gasteiger partial charge on any atom is 0.295 e. The van der Waals surface area contributed by atoms with Crippen molar-refractivity contribution in [2.45, 2.75) is 38.8 Å². The molecule has 0 aliphatic carbocycles. The van der Waals surface area contributed by atoms with Gasteiger partial charge in [0, 0.05) is 18.5 Å². The van der Waals surface area contributed by atoms with Crippen LogP contribution in [0, 0.1) is 6.92 Å². The summed E-state index contributed by atoms with van der Waals surface area (Å²) in [5.74, 6) is 0.448. The lowest BCUT2D eigenvalue weighted by atomic mass is 9.97. The topological polar surface area (TPSA) is 83.2 Å². The smallest absolute Gasteiger partial charge is 0.295 e. The molecule has 7 heteroatoms. The summed E-state index contributed by atoms with van der Waals surface area (Å²) >= 11 is 0. The number of carbonyl (C=O) groups excluding carboxylic acids is 2. The van der Waals surface area contributed by atoms with Crippen LogP contribution in [0.1, 0.15) is 42.0 Å². The average molecular weight is 424 g/mol. The third kappa shape index (κ3) is 3.97. The van der Waals surface area contributed by atoms with Crippen LogP contribution in [0.4, 0.5) is 0 Å². The Morgan fingerprint density at radius 2 is 2.00 bits per heavy atom. The van der Waals surface area contributed by atoms with E-state index in [-0.39, 0.29) is 17.4 Å². The number of ether oxygens (including phenoxy) is 1. The number of rotatable bonds is 6. The summed E-state index contributed by atoms with van der Waals surface area (Å²) in [5.41, 5.74) is 1.54. The van der Waals surface area contributed by atoms with Crippen LogP contribution in [0.5, 0.6) is 5.75 Å². The van der Waals surface area contributed by atoms with Gasteiger partial charge in [-0.25, -0.2) is 0 Å². The molecule has 0 saturated carbocycles. The number of amides is 1. The number of hydrogen-bond acceptors (Lipinski definition) is 6. The standard InChI is InChI=1S/C24H28N2O5/c1-14-6-8-19(30-14)21-20(23(28)24(29)26(21)11-5-10-25(3)4)22(27)16-7-9-18-17(13-16)12-15(2)31-18/h6-9,13,15,21,27H,5,10-12H2,1-4H3/b22-20-. The van der Waals surface area contributed by atoms with Crippen molar-refractivity contribution >= 4 is 17.4 Å². The molecular weight excluding hydrogens is 396 g/mol. The zero-order valence-electron chi connectivity index (χ0n) is 18.3. The minimum Gasteiger partial charge on any atom is -0.507 e. The monoisotopic (exact) mass is 424 g/mol. The Bertz CT molecular complexity index is 1050. The molecule has 2 unspecified atom stereocenters. The van der Waals surface area contributed by atoms with Crippen LogP contribution in [0.3, 0.4) is 0 Å². The number of ketones is 1. The van der Waals surface area contributed by atoms with Crippen molar-refractivity contribution in [2.24, 2.45) is 0 Å². The molecule has 1 N–H and O–H groups in total. The van der Waals surface area contributed by atoms with E-state index in [4.69, 9.17) is 9.15 Å². The van der Waals surface area contributed by atoms with Gasteiger partial charge in [0.25, 0.3) is 11.7 Å². The zero-order chi connectivity index (χ0) is 22.3. The van der Waals surface area contributed by atoms with Crippen molar-refractivity contribution in [3.63, 3.8) is 0 Å². The molecule has 4 rings (SSSR count). The highest BCUT2D eigenvalue weighted by atomic mass is 16.5. The van der Waals surface area contributed by atoms with E-state index in [1.165, 1.54) is 4.90 Å². The summed E-state index contributed by atoms with van der Waals surface area (Å²) in [6.45, 7) is 4.96. The normalized spacial score (nSPS) is 22.3. The molecule has 0 spiro atoms. The number of furan rings is 1. The highest BCUT2D eigenvalue weighted by Gasteiger charge is 2.47. The predicted octanol–water partition coefficient (Wildman–Crippen LogP) is 3.28. The van der Waals surface area contributed by atoms with Crippen molar-refractivity contribution in [2.75, 3.05) is 27.2 Å². The molecule has 31 heavy (non-hydrogen) atoms. The highest BCUT2D eigenvalue weighted by molar-refractivity contribution is 6.46. The molecule has 1 fully saturated rings. The van der Waals surface area contributed by atoms with Gasteiger partial charge in [0.15, 0.2) is 0 Å². The maximum absolute atomic E-state index is 13.0. The summed E-state index contributed by atoms with van der Waals surface area (Å²) in [4.78, 5) is 29.5. The molecule has 1 amide bonds. The van der Waals surface area contributed by atoms with E-state index < -0.39 is 17.7 Å². The Morgan fingerprint density at radius 1 is 1.23 bits per heavy atom. The largest absolute Gasteiger partial charge is 0.507 e. The van der Waals surface area contributed by atoms with Gasteiger partial charge in [-0.1, -0.05) is 0 Å². The Balaban J connectivity index is 1.76. The zero-order valence-corrected chi connectivity index (χ0v) is 18.3. The van der Waals surface area contributed by atoms with Crippen molar-refractivity contribution in [1.29, 1.82) is 0 Å². The third-order valence-corrected chi connectivity index (χ3v) is 5.74. The molecule has 0 bridgehead atoms. The van der Waals surface area contributed by atoms with Crippen LogP contribution in [-0.2, 0) is 16.0 Å².